The van der Waals surface area contributed by atoms with Gasteiger partial charge in [-0.1, -0.05) is 29.8 Å². The van der Waals surface area contributed by atoms with Crippen LogP contribution >= 0.6 is 11.3 Å². The number of carbonyl (C=O) groups is 1. The lowest BCUT2D eigenvalue weighted by Gasteiger charge is -2.10. The average molecular weight is 435 g/mol. The monoisotopic (exact) mass is 434 g/mol. The Labute approximate surface area is 185 Å². The maximum absolute atomic E-state index is 12.2. The maximum Gasteiger partial charge on any atom is 0.221 e. The van der Waals surface area contributed by atoms with Crippen LogP contribution in [0.5, 0.6) is 0 Å². The van der Waals surface area contributed by atoms with Gasteiger partial charge in [0, 0.05) is 48.9 Å². The third kappa shape index (κ3) is 5.08. The quantitative estimate of drug-likeness (QED) is 0.386. The van der Waals surface area contributed by atoms with E-state index in [-0.39, 0.29) is 5.91 Å². The fourth-order valence-corrected chi connectivity index (χ4v) is 4.55. The molecule has 0 aliphatic carbocycles. The van der Waals surface area contributed by atoms with Crippen molar-refractivity contribution in [3.05, 3.63) is 59.8 Å². The van der Waals surface area contributed by atoms with Crippen LogP contribution in [0.15, 0.2) is 49.3 Å². The average Bonchev–Trinajstić information content (AvgIpc) is 3.39. The molecule has 7 nitrogen and oxygen atoms in total. The molecular weight excluding hydrogens is 408 g/mol. The number of nitrogens with one attached hydrogen (secondary N) is 2. The van der Waals surface area contributed by atoms with Crippen molar-refractivity contribution in [2.45, 2.75) is 33.2 Å². The van der Waals surface area contributed by atoms with Crippen LogP contribution in [0.1, 0.15) is 23.3 Å². The lowest BCUT2D eigenvalue weighted by molar-refractivity contribution is -0.120. The Morgan fingerprint density at radius 1 is 1.13 bits per heavy atom. The smallest absolute Gasteiger partial charge is 0.221 e. The molecule has 1 aromatic carbocycles. The SMILES string of the molecule is Cc1ccc(-c2c(C)sc3ncnc(NCCC(=O)NCCCn4ccnc4)c23)cc1. The number of anilines is 1. The van der Waals surface area contributed by atoms with Gasteiger partial charge in [-0.25, -0.2) is 15.0 Å². The molecule has 160 valence electrons. The molecule has 0 unspecified atom stereocenters. The van der Waals surface area contributed by atoms with Gasteiger partial charge in [-0.15, -0.1) is 11.3 Å². The van der Waals surface area contributed by atoms with E-state index < -0.39 is 0 Å². The first-order chi connectivity index (χ1) is 15.1. The molecule has 0 fully saturated rings. The summed E-state index contributed by atoms with van der Waals surface area (Å²) in [4.78, 5) is 27.3. The van der Waals surface area contributed by atoms with Crippen molar-refractivity contribution in [3.8, 4) is 11.1 Å². The Hall–Kier alpha value is -3.26. The highest BCUT2D eigenvalue weighted by Gasteiger charge is 2.16. The molecule has 3 heterocycles. The molecule has 0 aliphatic rings. The van der Waals surface area contributed by atoms with Crippen molar-refractivity contribution in [1.82, 2.24) is 24.8 Å². The normalized spacial score (nSPS) is 11.0. The summed E-state index contributed by atoms with van der Waals surface area (Å²) in [6, 6.07) is 8.51. The second-order valence-electron chi connectivity index (χ2n) is 7.48. The van der Waals surface area contributed by atoms with E-state index in [2.05, 4.69) is 63.7 Å². The highest BCUT2D eigenvalue weighted by molar-refractivity contribution is 7.19. The topological polar surface area (TPSA) is 84.7 Å². The van der Waals surface area contributed by atoms with E-state index >= 15 is 0 Å². The number of benzene rings is 1. The number of thiophene rings is 1. The number of rotatable bonds is 9. The van der Waals surface area contributed by atoms with Crippen LogP contribution in [0.3, 0.4) is 0 Å². The van der Waals surface area contributed by atoms with Gasteiger partial charge in [0.15, 0.2) is 0 Å². The summed E-state index contributed by atoms with van der Waals surface area (Å²) in [5.41, 5.74) is 3.54. The molecular formula is C23H26N6OS. The molecule has 0 radical (unpaired) electrons. The zero-order valence-corrected chi connectivity index (χ0v) is 18.6. The third-order valence-electron chi connectivity index (χ3n) is 5.12. The van der Waals surface area contributed by atoms with Gasteiger partial charge in [0.05, 0.1) is 11.7 Å². The van der Waals surface area contributed by atoms with E-state index in [1.165, 1.54) is 10.4 Å². The fourth-order valence-electron chi connectivity index (χ4n) is 3.54. The van der Waals surface area contributed by atoms with E-state index in [0.29, 0.717) is 19.5 Å². The van der Waals surface area contributed by atoms with Gasteiger partial charge in [0.2, 0.25) is 5.91 Å². The van der Waals surface area contributed by atoms with E-state index in [1.807, 2.05) is 10.8 Å². The number of aryl methyl sites for hydroxylation is 3. The van der Waals surface area contributed by atoms with Crippen LogP contribution in [-0.2, 0) is 11.3 Å². The largest absolute Gasteiger partial charge is 0.369 e. The number of hydrogen-bond acceptors (Lipinski definition) is 6. The third-order valence-corrected chi connectivity index (χ3v) is 6.14. The molecule has 4 aromatic rings. The second-order valence-corrected chi connectivity index (χ2v) is 8.69. The fraction of sp³-hybridized carbons (Fsp3) is 0.304. The van der Waals surface area contributed by atoms with Crippen molar-refractivity contribution in [2.75, 3.05) is 18.4 Å². The number of hydrogen-bond donors (Lipinski definition) is 2. The summed E-state index contributed by atoms with van der Waals surface area (Å²) in [6.07, 6.45) is 8.30. The highest BCUT2D eigenvalue weighted by Crippen LogP contribution is 2.40. The Morgan fingerprint density at radius 3 is 2.74 bits per heavy atom. The van der Waals surface area contributed by atoms with E-state index in [9.17, 15) is 4.79 Å². The number of fused-ring (bicyclic) bond motifs is 1. The molecule has 0 spiro atoms. The summed E-state index contributed by atoms with van der Waals surface area (Å²) in [5.74, 6) is 0.807. The molecule has 31 heavy (non-hydrogen) atoms. The summed E-state index contributed by atoms with van der Waals surface area (Å²) >= 11 is 1.67. The van der Waals surface area contributed by atoms with Crippen LogP contribution in [0.2, 0.25) is 0 Å². The van der Waals surface area contributed by atoms with E-state index in [1.54, 1.807) is 30.2 Å². The van der Waals surface area contributed by atoms with Gasteiger partial charge in [-0.05, 0) is 25.8 Å². The molecule has 2 N–H and O–H groups in total. The van der Waals surface area contributed by atoms with Crippen LogP contribution < -0.4 is 10.6 Å². The van der Waals surface area contributed by atoms with Crippen LogP contribution in [0.25, 0.3) is 21.3 Å². The Morgan fingerprint density at radius 2 is 1.97 bits per heavy atom. The molecule has 0 aliphatic heterocycles. The Bertz CT molecular complexity index is 1150. The first kappa shape index (κ1) is 21.0. The number of aromatic nitrogens is 4. The first-order valence-electron chi connectivity index (χ1n) is 10.4. The van der Waals surface area contributed by atoms with E-state index in [4.69, 9.17) is 0 Å². The lowest BCUT2D eigenvalue weighted by atomic mass is 10.0. The zero-order valence-electron chi connectivity index (χ0n) is 17.8. The molecule has 0 atom stereocenters. The van der Waals surface area contributed by atoms with E-state index in [0.717, 1.165) is 40.1 Å². The van der Waals surface area contributed by atoms with Crippen LogP contribution in [0, 0.1) is 13.8 Å². The van der Waals surface area contributed by atoms with Crippen LogP contribution in [0.4, 0.5) is 5.82 Å². The van der Waals surface area contributed by atoms with Gasteiger partial charge in [-0.2, -0.15) is 0 Å². The predicted octanol–water partition coefficient (Wildman–Crippen LogP) is 4.18. The van der Waals surface area contributed by atoms with Crippen molar-refractivity contribution in [2.24, 2.45) is 0 Å². The van der Waals surface area contributed by atoms with Gasteiger partial charge < -0.3 is 15.2 Å². The van der Waals surface area contributed by atoms with Crippen molar-refractivity contribution < 1.29 is 4.79 Å². The standard InChI is InChI=1S/C23H26N6OS/c1-16-4-6-18(7-5-16)20-17(2)31-23-21(20)22(27-14-28-23)26-10-8-19(30)25-9-3-12-29-13-11-24-15-29/h4-7,11,13-15H,3,8-10,12H2,1-2H3,(H,25,30)(H,26,27,28). The number of amides is 1. The minimum absolute atomic E-state index is 0.0312. The molecule has 8 heteroatoms. The highest BCUT2D eigenvalue weighted by atomic mass is 32.1. The van der Waals surface area contributed by atoms with Gasteiger partial charge in [0.25, 0.3) is 0 Å². The van der Waals surface area contributed by atoms with Gasteiger partial charge in [0.1, 0.15) is 17.0 Å². The summed E-state index contributed by atoms with van der Waals surface area (Å²) in [5, 5.41) is 7.34. The predicted molar refractivity (Wildman–Crippen MR) is 125 cm³/mol. The summed E-state index contributed by atoms with van der Waals surface area (Å²) in [7, 11) is 0. The minimum Gasteiger partial charge on any atom is -0.369 e. The van der Waals surface area contributed by atoms with Crippen molar-refractivity contribution in [1.29, 1.82) is 0 Å². The second kappa shape index (κ2) is 9.70. The molecule has 4 rings (SSSR count). The molecule has 0 saturated heterocycles. The number of imidazole rings is 1. The number of carbonyl (C=O) groups excluding carboxylic acids is 1. The first-order valence-corrected chi connectivity index (χ1v) is 11.2. The van der Waals surface area contributed by atoms with Gasteiger partial charge in [-0.3, -0.25) is 4.79 Å². The van der Waals surface area contributed by atoms with Crippen LogP contribution in [-0.4, -0.2) is 38.5 Å². The number of nitrogens with zero attached hydrogens (tertiary/aromatic N) is 4. The summed E-state index contributed by atoms with van der Waals surface area (Å²) in [6.45, 7) is 6.21. The maximum atomic E-state index is 12.2. The minimum atomic E-state index is 0.0312. The van der Waals surface area contributed by atoms with Gasteiger partial charge >= 0.3 is 0 Å². The Balaban J connectivity index is 1.37. The Kier molecular flexibility index (Phi) is 6.57. The zero-order chi connectivity index (χ0) is 21.6. The lowest BCUT2D eigenvalue weighted by Crippen LogP contribution is -2.27. The molecule has 0 saturated carbocycles. The molecule has 0 bridgehead atoms. The van der Waals surface area contributed by atoms with Crippen molar-refractivity contribution >= 4 is 33.3 Å². The van der Waals surface area contributed by atoms with Crippen molar-refractivity contribution in [3.63, 3.8) is 0 Å². The molecule has 1 amide bonds. The summed E-state index contributed by atoms with van der Waals surface area (Å²) < 4.78 is 2.00. The molecule has 3 aromatic heterocycles.